The summed E-state index contributed by atoms with van der Waals surface area (Å²) in [5.74, 6) is 0.0218. The van der Waals surface area contributed by atoms with Gasteiger partial charge in [0.05, 0.1) is 7.11 Å². The van der Waals surface area contributed by atoms with Gasteiger partial charge in [-0.15, -0.1) is 0 Å². The summed E-state index contributed by atoms with van der Waals surface area (Å²) in [4.78, 5) is 25.8. The summed E-state index contributed by atoms with van der Waals surface area (Å²) < 4.78 is 15.8. The van der Waals surface area contributed by atoms with E-state index in [1.54, 1.807) is 25.2 Å². The Kier molecular flexibility index (Phi) is 6.60. The van der Waals surface area contributed by atoms with Crippen molar-refractivity contribution < 1.29 is 23.8 Å². The largest absolute Gasteiger partial charge is 0.493 e. The molecule has 2 aromatic carbocycles. The van der Waals surface area contributed by atoms with Gasteiger partial charge in [-0.3, -0.25) is 4.79 Å². The topological polar surface area (TPSA) is 65.1 Å². The number of carbonyl (C=O) groups excluding carboxylic acids is 2. The third kappa shape index (κ3) is 4.99. The van der Waals surface area contributed by atoms with Crippen molar-refractivity contribution in [2.45, 2.75) is 20.0 Å². The number of esters is 1. The molecule has 26 heavy (non-hydrogen) atoms. The van der Waals surface area contributed by atoms with Gasteiger partial charge in [0.15, 0.2) is 24.2 Å². The second-order valence-corrected chi connectivity index (χ2v) is 5.81. The lowest BCUT2D eigenvalue weighted by Crippen LogP contribution is -2.38. The van der Waals surface area contributed by atoms with Gasteiger partial charge in [-0.2, -0.15) is 0 Å². The number of likely N-dealkylation sites (N-methyl/N-ethyl adjacent to an activating group) is 1. The summed E-state index contributed by atoms with van der Waals surface area (Å²) in [6.45, 7) is 3.15. The maximum Gasteiger partial charge on any atom is 0.344 e. The molecule has 0 heterocycles. The average molecular weight is 357 g/mol. The van der Waals surface area contributed by atoms with Gasteiger partial charge in [0.1, 0.15) is 0 Å². The zero-order chi connectivity index (χ0) is 19.1. The Hall–Kier alpha value is -3.02. The molecule has 1 atom stereocenters. The lowest BCUT2D eigenvalue weighted by molar-refractivity contribution is -0.155. The molecule has 0 aliphatic rings. The molecule has 0 spiro atoms. The van der Waals surface area contributed by atoms with Crippen LogP contribution in [0.4, 0.5) is 5.69 Å². The lowest BCUT2D eigenvalue weighted by Gasteiger charge is -2.21. The fraction of sp³-hybridized carbons (Fsp3) is 0.300. The van der Waals surface area contributed by atoms with Crippen molar-refractivity contribution in [1.82, 2.24) is 0 Å². The van der Waals surface area contributed by atoms with Crippen molar-refractivity contribution >= 4 is 17.6 Å². The van der Waals surface area contributed by atoms with Gasteiger partial charge in [0.25, 0.3) is 5.91 Å². The Morgan fingerprint density at radius 3 is 2.42 bits per heavy atom. The van der Waals surface area contributed by atoms with E-state index in [-0.39, 0.29) is 12.5 Å². The average Bonchev–Trinajstić information content (AvgIpc) is 2.66. The third-order valence-electron chi connectivity index (χ3n) is 3.79. The van der Waals surface area contributed by atoms with Crippen LogP contribution in [0.3, 0.4) is 0 Å². The van der Waals surface area contributed by atoms with Crippen LogP contribution in [-0.4, -0.2) is 38.7 Å². The highest BCUT2D eigenvalue weighted by Gasteiger charge is 2.22. The first-order valence-electron chi connectivity index (χ1n) is 8.22. The summed E-state index contributed by atoms with van der Waals surface area (Å²) in [7, 11) is 3.16. The molecule has 0 radical (unpaired) electrons. The molecular weight excluding hydrogens is 334 g/mol. The van der Waals surface area contributed by atoms with Crippen LogP contribution < -0.4 is 14.4 Å². The predicted molar refractivity (Wildman–Crippen MR) is 98.6 cm³/mol. The fourth-order valence-electron chi connectivity index (χ4n) is 2.36. The Morgan fingerprint density at radius 1 is 1.08 bits per heavy atom. The Bertz CT molecular complexity index is 760. The van der Waals surface area contributed by atoms with E-state index in [1.165, 1.54) is 18.9 Å². The van der Waals surface area contributed by atoms with E-state index in [0.29, 0.717) is 11.5 Å². The summed E-state index contributed by atoms with van der Waals surface area (Å²) >= 11 is 0. The van der Waals surface area contributed by atoms with E-state index >= 15 is 0 Å². The summed E-state index contributed by atoms with van der Waals surface area (Å²) in [6.07, 6.45) is -0.920. The number of para-hydroxylation sites is 1. The minimum Gasteiger partial charge on any atom is -0.493 e. The molecule has 0 saturated carbocycles. The van der Waals surface area contributed by atoms with Gasteiger partial charge in [0.2, 0.25) is 0 Å². The van der Waals surface area contributed by atoms with E-state index in [4.69, 9.17) is 14.2 Å². The predicted octanol–water partition coefficient (Wildman–Crippen LogP) is 2.98. The molecular formula is C20H23NO5. The number of rotatable bonds is 7. The first kappa shape index (κ1) is 19.3. The molecule has 0 aliphatic heterocycles. The number of nitrogens with zero attached hydrogens (tertiary/aromatic N) is 1. The van der Waals surface area contributed by atoms with Crippen molar-refractivity contribution in [2.24, 2.45) is 0 Å². The van der Waals surface area contributed by atoms with Gasteiger partial charge in [-0.05, 0) is 43.7 Å². The molecule has 0 aliphatic carbocycles. The summed E-state index contributed by atoms with van der Waals surface area (Å²) in [5.41, 5.74) is 1.74. The van der Waals surface area contributed by atoms with Gasteiger partial charge < -0.3 is 19.1 Å². The first-order valence-corrected chi connectivity index (χ1v) is 8.22. The number of benzene rings is 2. The van der Waals surface area contributed by atoms with Gasteiger partial charge >= 0.3 is 5.97 Å². The lowest BCUT2D eigenvalue weighted by atomic mass is 10.2. The monoisotopic (exact) mass is 357 g/mol. The third-order valence-corrected chi connectivity index (χ3v) is 3.79. The molecule has 1 amide bonds. The maximum absolute atomic E-state index is 12.4. The van der Waals surface area contributed by atoms with Crippen LogP contribution in [0, 0.1) is 6.92 Å². The molecule has 0 bridgehead atoms. The molecule has 0 fully saturated rings. The van der Waals surface area contributed by atoms with E-state index in [2.05, 4.69) is 0 Å². The highest BCUT2D eigenvalue weighted by Crippen LogP contribution is 2.27. The number of ether oxygens (including phenoxy) is 3. The van der Waals surface area contributed by atoms with E-state index in [9.17, 15) is 9.59 Å². The number of amides is 1. The molecule has 6 nitrogen and oxygen atoms in total. The smallest absolute Gasteiger partial charge is 0.344 e. The van der Waals surface area contributed by atoms with Gasteiger partial charge in [-0.1, -0.05) is 24.3 Å². The van der Waals surface area contributed by atoms with Gasteiger partial charge in [-0.25, -0.2) is 4.79 Å². The minimum atomic E-state index is -0.920. The molecule has 6 heteroatoms. The van der Waals surface area contributed by atoms with Crippen LogP contribution in [-0.2, 0) is 14.3 Å². The van der Waals surface area contributed by atoms with Crippen molar-refractivity contribution in [3.63, 3.8) is 0 Å². The van der Waals surface area contributed by atoms with E-state index < -0.39 is 12.1 Å². The zero-order valence-corrected chi connectivity index (χ0v) is 15.4. The molecule has 1 unspecified atom stereocenters. The summed E-state index contributed by atoms with van der Waals surface area (Å²) in [5, 5.41) is 0. The minimum absolute atomic E-state index is 0.313. The van der Waals surface area contributed by atoms with Crippen LogP contribution in [0.15, 0.2) is 48.5 Å². The Morgan fingerprint density at radius 2 is 1.77 bits per heavy atom. The number of methoxy groups -OCH3 is 1. The van der Waals surface area contributed by atoms with Gasteiger partial charge in [0, 0.05) is 12.7 Å². The van der Waals surface area contributed by atoms with Crippen LogP contribution in [0.2, 0.25) is 0 Å². The highest BCUT2D eigenvalue weighted by atomic mass is 16.6. The Balaban J connectivity index is 1.90. The molecule has 2 rings (SSSR count). The molecule has 2 aromatic rings. The Labute approximate surface area is 153 Å². The molecule has 138 valence electrons. The fourth-order valence-corrected chi connectivity index (χ4v) is 2.36. The van der Waals surface area contributed by atoms with Crippen LogP contribution in [0.25, 0.3) is 0 Å². The number of aryl methyl sites for hydroxylation is 1. The maximum atomic E-state index is 12.4. The number of carbonyl (C=O) groups is 2. The first-order chi connectivity index (χ1) is 12.4. The second kappa shape index (κ2) is 8.89. The van der Waals surface area contributed by atoms with Crippen LogP contribution >= 0.6 is 0 Å². The molecule has 0 aromatic heterocycles. The van der Waals surface area contributed by atoms with Crippen LogP contribution in [0.1, 0.15) is 12.5 Å². The SMILES string of the molecule is COc1cc(C)ccc1OCC(=O)OC(C)C(=O)N(C)c1ccccc1. The van der Waals surface area contributed by atoms with Crippen molar-refractivity contribution in [3.8, 4) is 11.5 Å². The van der Waals surface area contributed by atoms with Crippen molar-refractivity contribution in [2.75, 3.05) is 25.7 Å². The number of anilines is 1. The molecule has 0 N–H and O–H groups in total. The summed E-state index contributed by atoms with van der Waals surface area (Å²) in [6, 6.07) is 14.5. The van der Waals surface area contributed by atoms with E-state index in [0.717, 1.165) is 11.3 Å². The van der Waals surface area contributed by atoms with Crippen molar-refractivity contribution in [3.05, 3.63) is 54.1 Å². The highest BCUT2D eigenvalue weighted by molar-refractivity contribution is 5.96. The van der Waals surface area contributed by atoms with Crippen LogP contribution in [0.5, 0.6) is 11.5 Å². The quantitative estimate of drug-likeness (QED) is 0.713. The van der Waals surface area contributed by atoms with Crippen molar-refractivity contribution in [1.29, 1.82) is 0 Å². The second-order valence-electron chi connectivity index (χ2n) is 5.81. The number of hydrogen-bond donors (Lipinski definition) is 0. The van der Waals surface area contributed by atoms with E-state index in [1.807, 2.05) is 37.3 Å². The number of hydrogen-bond acceptors (Lipinski definition) is 5. The zero-order valence-electron chi connectivity index (χ0n) is 15.4. The standard InChI is InChI=1S/C20H23NO5/c1-14-10-11-17(18(12-14)24-4)25-13-19(22)26-15(2)20(23)21(3)16-8-6-5-7-9-16/h5-12,15H,13H2,1-4H3. The normalized spacial score (nSPS) is 11.4. The molecule has 0 saturated heterocycles.